The third-order valence-electron chi connectivity index (χ3n) is 1.31. The first-order chi connectivity index (χ1) is 5.56. The van der Waals surface area contributed by atoms with Crippen LogP contribution < -0.4 is 5.32 Å². The molecule has 0 bridgehead atoms. The number of hydrogen-bond donors (Lipinski definition) is 1. The summed E-state index contributed by atoms with van der Waals surface area (Å²) in [6, 6.07) is 0.241. The minimum absolute atomic E-state index is 0.0598. The zero-order valence-corrected chi connectivity index (χ0v) is 8.18. The van der Waals surface area contributed by atoms with E-state index < -0.39 is 0 Å². The second-order valence-corrected chi connectivity index (χ2v) is 2.94. The first kappa shape index (κ1) is 11.2. The molecule has 1 atom stereocenters. The normalized spacial score (nSPS) is 14.2. The standard InChI is InChI=1S/C9H17NO2/c1-7(5-9(3)11)10-8(2)6-12-4/h5,8,10H,6H2,1-4H3/b7-5+. The van der Waals surface area contributed by atoms with E-state index in [9.17, 15) is 4.79 Å². The zero-order chi connectivity index (χ0) is 9.56. The Hall–Kier alpha value is -0.830. The lowest BCUT2D eigenvalue weighted by atomic mass is 10.3. The minimum atomic E-state index is 0.0598. The molecule has 3 nitrogen and oxygen atoms in total. The first-order valence-corrected chi connectivity index (χ1v) is 4.00. The van der Waals surface area contributed by atoms with Gasteiger partial charge in [0.1, 0.15) is 0 Å². The van der Waals surface area contributed by atoms with Crippen LogP contribution >= 0.6 is 0 Å². The maximum atomic E-state index is 10.6. The summed E-state index contributed by atoms with van der Waals surface area (Å²) < 4.78 is 4.93. The molecule has 3 heteroatoms. The largest absolute Gasteiger partial charge is 0.384 e. The first-order valence-electron chi connectivity index (χ1n) is 4.00. The van der Waals surface area contributed by atoms with Crippen LogP contribution in [0.1, 0.15) is 20.8 Å². The molecule has 12 heavy (non-hydrogen) atoms. The molecule has 1 unspecified atom stereocenters. The van der Waals surface area contributed by atoms with Crippen molar-refractivity contribution in [3.05, 3.63) is 11.8 Å². The van der Waals surface area contributed by atoms with Crippen molar-refractivity contribution in [1.29, 1.82) is 0 Å². The van der Waals surface area contributed by atoms with Gasteiger partial charge in [-0.05, 0) is 26.8 Å². The fourth-order valence-corrected chi connectivity index (χ4v) is 1.03. The Bertz CT molecular complexity index is 175. The zero-order valence-electron chi connectivity index (χ0n) is 8.18. The molecular weight excluding hydrogens is 154 g/mol. The van der Waals surface area contributed by atoms with E-state index >= 15 is 0 Å². The summed E-state index contributed by atoms with van der Waals surface area (Å²) >= 11 is 0. The Balaban J connectivity index is 3.82. The Morgan fingerprint density at radius 2 is 2.17 bits per heavy atom. The van der Waals surface area contributed by atoms with E-state index in [1.54, 1.807) is 13.2 Å². The molecule has 0 aliphatic heterocycles. The number of carbonyl (C=O) groups is 1. The average Bonchev–Trinajstić information content (AvgIpc) is 1.84. The second kappa shape index (κ2) is 5.77. The lowest BCUT2D eigenvalue weighted by molar-refractivity contribution is -0.112. The van der Waals surface area contributed by atoms with Gasteiger partial charge in [-0.25, -0.2) is 0 Å². The predicted octanol–water partition coefficient (Wildman–Crippen LogP) is 1.10. The molecule has 1 N–H and O–H groups in total. The van der Waals surface area contributed by atoms with Gasteiger partial charge in [-0.15, -0.1) is 0 Å². The van der Waals surface area contributed by atoms with Crippen molar-refractivity contribution >= 4 is 5.78 Å². The van der Waals surface area contributed by atoms with Crippen molar-refractivity contribution in [3.8, 4) is 0 Å². The summed E-state index contributed by atoms with van der Waals surface area (Å²) in [4.78, 5) is 10.6. The number of carbonyl (C=O) groups excluding carboxylic acids is 1. The number of methoxy groups -OCH3 is 1. The van der Waals surface area contributed by atoms with Crippen LogP contribution in [0.4, 0.5) is 0 Å². The third-order valence-corrected chi connectivity index (χ3v) is 1.31. The number of hydrogen-bond acceptors (Lipinski definition) is 3. The van der Waals surface area contributed by atoms with Gasteiger partial charge < -0.3 is 10.1 Å². The number of nitrogens with one attached hydrogen (secondary N) is 1. The van der Waals surface area contributed by atoms with Crippen LogP contribution in [0.15, 0.2) is 11.8 Å². The van der Waals surface area contributed by atoms with Crippen molar-refractivity contribution in [3.63, 3.8) is 0 Å². The molecule has 0 heterocycles. The van der Waals surface area contributed by atoms with E-state index in [4.69, 9.17) is 4.74 Å². The highest BCUT2D eigenvalue weighted by Gasteiger charge is 1.99. The molecular formula is C9H17NO2. The van der Waals surface area contributed by atoms with E-state index in [0.717, 1.165) is 5.70 Å². The molecule has 70 valence electrons. The molecule has 0 amide bonds. The van der Waals surface area contributed by atoms with E-state index in [-0.39, 0.29) is 11.8 Å². The van der Waals surface area contributed by atoms with Gasteiger partial charge in [-0.2, -0.15) is 0 Å². The second-order valence-electron chi connectivity index (χ2n) is 2.94. The summed E-state index contributed by atoms with van der Waals surface area (Å²) in [5.74, 6) is 0.0598. The summed E-state index contributed by atoms with van der Waals surface area (Å²) in [6.07, 6.45) is 1.58. The number of rotatable bonds is 5. The SMILES string of the molecule is COCC(C)N/C(C)=C/C(C)=O. The molecule has 0 aromatic carbocycles. The fourth-order valence-electron chi connectivity index (χ4n) is 1.03. The molecule has 0 saturated carbocycles. The third kappa shape index (κ3) is 5.92. The smallest absolute Gasteiger partial charge is 0.154 e. The van der Waals surface area contributed by atoms with Crippen LogP contribution in [0.2, 0.25) is 0 Å². The summed E-state index contributed by atoms with van der Waals surface area (Å²) in [7, 11) is 1.65. The Kier molecular flexibility index (Phi) is 5.37. The van der Waals surface area contributed by atoms with Crippen molar-refractivity contribution in [2.24, 2.45) is 0 Å². The summed E-state index contributed by atoms with van der Waals surface area (Å²) in [5, 5.41) is 3.13. The van der Waals surface area contributed by atoms with E-state index in [0.29, 0.717) is 6.61 Å². The van der Waals surface area contributed by atoms with Crippen LogP contribution in [0, 0.1) is 0 Å². The molecule has 0 fully saturated rings. The van der Waals surface area contributed by atoms with Crippen LogP contribution in [0.3, 0.4) is 0 Å². The molecule has 0 aliphatic carbocycles. The van der Waals surface area contributed by atoms with Gasteiger partial charge in [0.25, 0.3) is 0 Å². The van der Waals surface area contributed by atoms with Crippen LogP contribution in [0.5, 0.6) is 0 Å². The Labute approximate surface area is 73.8 Å². The molecule has 0 aromatic rings. The highest BCUT2D eigenvalue weighted by molar-refractivity contribution is 5.87. The maximum absolute atomic E-state index is 10.6. The molecule has 0 rings (SSSR count). The van der Waals surface area contributed by atoms with Crippen LogP contribution in [0.25, 0.3) is 0 Å². The Morgan fingerprint density at radius 3 is 2.58 bits per heavy atom. The van der Waals surface area contributed by atoms with Crippen molar-refractivity contribution in [2.45, 2.75) is 26.8 Å². The molecule has 0 aromatic heterocycles. The van der Waals surface area contributed by atoms with Crippen LogP contribution in [-0.4, -0.2) is 25.5 Å². The van der Waals surface area contributed by atoms with Gasteiger partial charge in [-0.3, -0.25) is 4.79 Å². The van der Waals surface area contributed by atoms with Gasteiger partial charge in [0.05, 0.1) is 6.61 Å². The van der Waals surface area contributed by atoms with Crippen LogP contribution in [-0.2, 0) is 9.53 Å². The van der Waals surface area contributed by atoms with Gasteiger partial charge in [-0.1, -0.05) is 0 Å². The van der Waals surface area contributed by atoms with E-state index in [2.05, 4.69) is 5.32 Å². The highest BCUT2D eigenvalue weighted by atomic mass is 16.5. The molecule has 0 aliphatic rings. The summed E-state index contributed by atoms with van der Waals surface area (Å²) in [5.41, 5.74) is 0.882. The number of ether oxygens (including phenoxy) is 1. The minimum Gasteiger partial charge on any atom is -0.384 e. The fraction of sp³-hybridized carbons (Fsp3) is 0.667. The molecule has 0 spiro atoms. The van der Waals surface area contributed by atoms with Crippen molar-refractivity contribution in [2.75, 3.05) is 13.7 Å². The van der Waals surface area contributed by atoms with Crippen molar-refractivity contribution in [1.82, 2.24) is 5.32 Å². The lowest BCUT2D eigenvalue weighted by Gasteiger charge is -2.13. The van der Waals surface area contributed by atoms with E-state index in [1.165, 1.54) is 6.92 Å². The predicted molar refractivity (Wildman–Crippen MR) is 48.9 cm³/mol. The average molecular weight is 171 g/mol. The van der Waals surface area contributed by atoms with Gasteiger partial charge >= 0.3 is 0 Å². The number of allylic oxidation sites excluding steroid dienone is 2. The summed E-state index contributed by atoms with van der Waals surface area (Å²) in [6.45, 7) is 6.05. The van der Waals surface area contributed by atoms with Gasteiger partial charge in [0, 0.05) is 18.8 Å². The monoisotopic (exact) mass is 171 g/mol. The lowest BCUT2D eigenvalue weighted by Crippen LogP contribution is -2.28. The van der Waals surface area contributed by atoms with Gasteiger partial charge in [0.15, 0.2) is 5.78 Å². The molecule has 0 saturated heterocycles. The quantitative estimate of drug-likeness (QED) is 0.629. The number of ketones is 1. The van der Waals surface area contributed by atoms with Crippen molar-refractivity contribution < 1.29 is 9.53 Å². The van der Waals surface area contributed by atoms with Gasteiger partial charge in [0.2, 0.25) is 0 Å². The topological polar surface area (TPSA) is 38.3 Å². The maximum Gasteiger partial charge on any atom is 0.154 e. The Morgan fingerprint density at radius 1 is 1.58 bits per heavy atom. The van der Waals surface area contributed by atoms with E-state index in [1.807, 2.05) is 13.8 Å². The molecule has 0 radical (unpaired) electrons. The highest BCUT2D eigenvalue weighted by Crippen LogP contribution is 1.91.